The first-order valence-electron chi connectivity index (χ1n) is 8.23. The molecule has 0 spiro atoms. The molecule has 1 fully saturated rings. The maximum atomic E-state index is 13.9. The van der Waals surface area contributed by atoms with Gasteiger partial charge in [-0.2, -0.15) is 4.39 Å². The Morgan fingerprint density at radius 1 is 1.42 bits per heavy atom. The molecule has 0 amide bonds. The number of nitrogens with zero attached hydrogens (tertiary/aromatic N) is 2. The molecule has 1 aliphatic heterocycles. The number of rotatable bonds is 4. The number of ether oxygens (including phenoxy) is 1. The van der Waals surface area contributed by atoms with Crippen molar-refractivity contribution in [1.82, 2.24) is 0 Å². The van der Waals surface area contributed by atoms with Crippen LogP contribution in [0.3, 0.4) is 0 Å². The van der Waals surface area contributed by atoms with Crippen LogP contribution in [0.25, 0.3) is 0 Å². The second kappa shape index (κ2) is 7.36. The van der Waals surface area contributed by atoms with E-state index in [0.717, 1.165) is 12.1 Å². The molecule has 7 nitrogen and oxygen atoms in total. The zero-order valence-electron chi connectivity index (χ0n) is 14.9. The molecular weight excluding hydrogens is 367 g/mol. The molecule has 0 unspecified atom stereocenters. The van der Waals surface area contributed by atoms with E-state index in [0.29, 0.717) is 18.8 Å². The molecule has 26 heavy (non-hydrogen) atoms. The highest BCUT2D eigenvalue weighted by molar-refractivity contribution is 6.33. The molecule has 2 rings (SSSR count). The summed E-state index contributed by atoms with van der Waals surface area (Å²) in [7, 11) is 0. The number of hydrogen-bond acceptors (Lipinski definition) is 6. The summed E-state index contributed by atoms with van der Waals surface area (Å²) in [4.78, 5) is 23.6. The monoisotopic (exact) mass is 388 g/mol. The highest BCUT2D eigenvalue weighted by Crippen LogP contribution is 2.36. The van der Waals surface area contributed by atoms with Gasteiger partial charge in [0.15, 0.2) is 0 Å². The van der Waals surface area contributed by atoms with E-state index in [1.807, 2.05) is 0 Å². The first-order chi connectivity index (χ1) is 11.9. The molecule has 0 saturated carbocycles. The van der Waals surface area contributed by atoms with E-state index >= 15 is 0 Å². The highest BCUT2D eigenvalue weighted by atomic mass is 35.5. The molecule has 0 bridgehead atoms. The van der Waals surface area contributed by atoms with Crippen LogP contribution in [0.15, 0.2) is 12.1 Å². The molecule has 0 radical (unpaired) electrons. The van der Waals surface area contributed by atoms with Crippen molar-refractivity contribution >= 4 is 28.9 Å². The zero-order valence-corrected chi connectivity index (χ0v) is 15.7. The van der Waals surface area contributed by atoms with Gasteiger partial charge in [-0.05, 0) is 33.6 Å². The number of benzene rings is 1. The zero-order chi connectivity index (χ0) is 19.7. The summed E-state index contributed by atoms with van der Waals surface area (Å²) in [6.07, 6.45) is 0.406. The van der Waals surface area contributed by atoms with Crippen LogP contribution in [-0.4, -0.2) is 40.3 Å². The van der Waals surface area contributed by atoms with Crippen LogP contribution < -0.4 is 4.90 Å². The standard InChI is InChI=1S/C17H22ClFN2O5/c1-16(2,3)26-15(22)10-17(23)4-6-20(7-5-17)13-9-12(19)14(21(24)25)8-11(13)18/h8-9,23H,4-7,10H2,1-3H3. The largest absolute Gasteiger partial charge is 0.460 e. The minimum Gasteiger partial charge on any atom is -0.460 e. The number of carbonyl (C=O) groups is 1. The smallest absolute Gasteiger partial charge is 0.309 e. The van der Waals surface area contributed by atoms with Gasteiger partial charge in [-0.3, -0.25) is 14.9 Å². The summed E-state index contributed by atoms with van der Waals surface area (Å²) in [5, 5.41) is 21.5. The van der Waals surface area contributed by atoms with Crippen molar-refractivity contribution < 1.29 is 24.0 Å². The Hall–Kier alpha value is -1.93. The normalized spacial score (nSPS) is 17.1. The number of esters is 1. The number of anilines is 1. The number of piperidine rings is 1. The maximum Gasteiger partial charge on any atom is 0.309 e. The van der Waals surface area contributed by atoms with Crippen LogP contribution in [0.2, 0.25) is 5.02 Å². The fourth-order valence-electron chi connectivity index (χ4n) is 2.89. The van der Waals surface area contributed by atoms with Crippen LogP contribution in [-0.2, 0) is 9.53 Å². The van der Waals surface area contributed by atoms with Crippen LogP contribution in [0.1, 0.15) is 40.0 Å². The van der Waals surface area contributed by atoms with Gasteiger partial charge in [-0.25, -0.2) is 0 Å². The van der Waals surface area contributed by atoms with E-state index in [1.165, 1.54) is 0 Å². The predicted molar refractivity (Wildman–Crippen MR) is 94.9 cm³/mol. The van der Waals surface area contributed by atoms with Gasteiger partial charge in [0.05, 0.1) is 27.7 Å². The van der Waals surface area contributed by atoms with Crippen LogP contribution in [0.4, 0.5) is 15.8 Å². The van der Waals surface area contributed by atoms with E-state index in [2.05, 4.69) is 0 Å². The quantitative estimate of drug-likeness (QED) is 0.482. The molecule has 0 aliphatic carbocycles. The third kappa shape index (κ3) is 5.04. The lowest BCUT2D eigenvalue weighted by Gasteiger charge is -2.39. The average Bonchev–Trinajstić information content (AvgIpc) is 2.47. The summed E-state index contributed by atoms with van der Waals surface area (Å²) >= 11 is 6.06. The molecular formula is C17H22ClFN2O5. The lowest BCUT2D eigenvalue weighted by molar-refractivity contribution is -0.387. The second-order valence-corrected chi connectivity index (χ2v) is 7.89. The molecule has 1 aromatic carbocycles. The van der Waals surface area contributed by atoms with E-state index < -0.39 is 33.6 Å². The van der Waals surface area contributed by atoms with Crippen molar-refractivity contribution in [2.24, 2.45) is 0 Å². The maximum absolute atomic E-state index is 13.9. The topological polar surface area (TPSA) is 92.9 Å². The van der Waals surface area contributed by atoms with E-state index in [-0.39, 0.29) is 24.3 Å². The van der Waals surface area contributed by atoms with E-state index in [1.54, 1.807) is 25.7 Å². The van der Waals surface area contributed by atoms with Crippen molar-refractivity contribution in [3.63, 3.8) is 0 Å². The lowest BCUT2D eigenvalue weighted by Crippen LogP contribution is -2.46. The Morgan fingerprint density at radius 2 is 2.00 bits per heavy atom. The molecule has 9 heteroatoms. The van der Waals surface area contributed by atoms with Gasteiger partial charge in [0.2, 0.25) is 5.82 Å². The average molecular weight is 389 g/mol. The van der Waals surface area contributed by atoms with Crippen LogP contribution in [0, 0.1) is 15.9 Å². The fraction of sp³-hybridized carbons (Fsp3) is 0.588. The molecule has 1 N–H and O–H groups in total. The molecule has 1 aromatic rings. The van der Waals surface area contributed by atoms with Crippen molar-refractivity contribution in [3.05, 3.63) is 33.1 Å². The Balaban J connectivity index is 2.05. The molecule has 1 saturated heterocycles. The Morgan fingerprint density at radius 3 is 2.50 bits per heavy atom. The van der Waals surface area contributed by atoms with Crippen molar-refractivity contribution in [2.45, 2.75) is 51.2 Å². The van der Waals surface area contributed by atoms with Crippen LogP contribution >= 0.6 is 11.6 Å². The number of hydrogen-bond donors (Lipinski definition) is 1. The Kier molecular flexibility index (Phi) is 5.77. The van der Waals surface area contributed by atoms with Gasteiger partial charge in [-0.1, -0.05) is 11.6 Å². The molecule has 0 aromatic heterocycles. The Bertz CT molecular complexity index is 712. The number of aliphatic hydroxyl groups is 1. The minimum atomic E-state index is -1.20. The third-order valence-corrected chi connectivity index (χ3v) is 4.44. The summed E-state index contributed by atoms with van der Waals surface area (Å²) in [5.74, 6) is -1.45. The van der Waals surface area contributed by atoms with Crippen molar-refractivity contribution in [3.8, 4) is 0 Å². The summed E-state index contributed by atoms with van der Waals surface area (Å²) in [5.41, 5.74) is -2.19. The van der Waals surface area contributed by atoms with E-state index in [9.17, 15) is 24.4 Å². The van der Waals surface area contributed by atoms with E-state index in [4.69, 9.17) is 16.3 Å². The van der Waals surface area contributed by atoms with Gasteiger partial charge in [0, 0.05) is 25.2 Å². The minimum absolute atomic E-state index is 0.0654. The summed E-state index contributed by atoms with van der Waals surface area (Å²) in [6, 6.07) is 2.01. The molecule has 144 valence electrons. The van der Waals surface area contributed by atoms with Gasteiger partial charge in [0.1, 0.15) is 5.60 Å². The Labute approximate surface area is 155 Å². The van der Waals surface area contributed by atoms with Gasteiger partial charge in [0.25, 0.3) is 0 Å². The number of nitro groups is 1. The summed E-state index contributed by atoms with van der Waals surface area (Å²) < 4.78 is 19.1. The van der Waals surface area contributed by atoms with Gasteiger partial charge < -0.3 is 14.7 Å². The van der Waals surface area contributed by atoms with Crippen LogP contribution in [0.5, 0.6) is 0 Å². The van der Waals surface area contributed by atoms with Gasteiger partial charge in [-0.15, -0.1) is 0 Å². The number of nitro benzene ring substituents is 1. The van der Waals surface area contributed by atoms with Crippen molar-refractivity contribution in [2.75, 3.05) is 18.0 Å². The number of carbonyl (C=O) groups excluding carboxylic acids is 1. The van der Waals surface area contributed by atoms with Crippen molar-refractivity contribution in [1.29, 1.82) is 0 Å². The highest BCUT2D eigenvalue weighted by Gasteiger charge is 2.36. The first kappa shape index (κ1) is 20.4. The molecule has 1 heterocycles. The SMILES string of the molecule is CC(C)(C)OC(=O)CC1(O)CCN(c2cc(F)c([N+](=O)[O-])cc2Cl)CC1. The third-order valence-electron chi connectivity index (χ3n) is 4.14. The molecule has 0 atom stereocenters. The second-order valence-electron chi connectivity index (χ2n) is 7.49. The van der Waals surface area contributed by atoms with Gasteiger partial charge >= 0.3 is 11.7 Å². The number of halogens is 2. The molecule has 1 aliphatic rings. The predicted octanol–water partition coefficient (Wildman–Crippen LogP) is 3.45. The first-order valence-corrected chi connectivity index (χ1v) is 8.61. The lowest BCUT2D eigenvalue weighted by atomic mass is 9.88. The summed E-state index contributed by atoms with van der Waals surface area (Å²) in [6.45, 7) is 5.92. The fourth-order valence-corrected chi connectivity index (χ4v) is 3.17.